The minimum atomic E-state index is -0.727. The Morgan fingerprint density at radius 3 is 2.93 bits per heavy atom. The minimum absolute atomic E-state index is 0.424. The molecule has 1 heterocycles. The summed E-state index contributed by atoms with van der Waals surface area (Å²) < 4.78 is 0. The third kappa shape index (κ3) is 3.03. The van der Waals surface area contributed by atoms with Gasteiger partial charge in [-0.15, -0.1) is 0 Å². The largest absolute Gasteiger partial charge is 0.501 e. The van der Waals surface area contributed by atoms with Gasteiger partial charge in [0, 0.05) is 0 Å². The second-order valence-corrected chi connectivity index (χ2v) is 2.82. The van der Waals surface area contributed by atoms with E-state index in [9.17, 15) is 10.1 Å². The predicted octanol–water partition coefficient (Wildman–Crippen LogP) is 1.06. The molecular weight excluding hydrogens is 198 g/mol. The number of nitrogens with two attached hydrogens (primary N) is 1. The zero-order chi connectivity index (χ0) is 11.3. The summed E-state index contributed by atoms with van der Waals surface area (Å²) in [5.74, 6) is -0.971. The summed E-state index contributed by atoms with van der Waals surface area (Å²) in [4.78, 5) is 13.4. The van der Waals surface area contributed by atoms with E-state index in [-0.39, 0.29) is 0 Å². The lowest BCUT2D eigenvalue weighted by atomic mass is 10.3. The van der Waals surface area contributed by atoms with E-state index < -0.39 is 16.5 Å². The highest BCUT2D eigenvalue weighted by Crippen LogP contribution is 2.22. The number of aromatic hydroxyl groups is 1. The molecule has 0 aliphatic carbocycles. The first-order valence-corrected chi connectivity index (χ1v) is 4.36. The molecule has 0 bridgehead atoms. The molecule has 1 aromatic heterocycles. The molecule has 0 spiro atoms. The van der Waals surface area contributed by atoms with Gasteiger partial charge in [0.1, 0.15) is 0 Å². The lowest BCUT2D eigenvalue weighted by Gasteiger charge is -1.95. The van der Waals surface area contributed by atoms with Crippen molar-refractivity contribution in [1.82, 2.24) is 4.98 Å². The van der Waals surface area contributed by atoms with Crippen LogP contribution >= 0.6 is 0 Å². The van der Waals surface area contributed by atoms with Crippen molar-refractivity contribution in [3.63, 3.8) is 0 Å². The van der Waals surface area contributed by atoms with Crippen molar-refractivity contribution >= 4 is 11.9 Å². The second kappa shape index (κ2) is 5.06. The summed E-state index contributed by atoms with van der Waals surface area (Å²) in [6.45, 7) is 0.511. The van der Waals surface area contributed by atoms with E-state index in [2.05, 4.69) is 4.98 Å². The van der Waals surface area contributed by atoms with Gasteiger partial charge in [0.05, 0.1) is 0 Å². The van der Waals surface area contributed by atoms with Crippen molar-refractivity contribution in [3.05, 3.63) is 34.0 Å². The van der Waals surface area contributed by atoms with Crippen LogP contribution in [0.25, 0.3) is 6.08 Å². The fourth-order valence-electron chi connectivity index (χ4n) is 0.983. The maximum Gasteiger partial charge on any atom is 0.406 e. The maximum atomic E-state index is 10.4. The highest BCUT2D eigenvalue weighted by molar-refractivity contribution is 5.50. The zero-order valence-electron chi connectivity index (χ0n) is 7.96. The third-order valence-corrected chi connectivity index (χ3v) is 1.67. The van der Waals surface area contributed by atoms with E-state index in [1.807, 2.05) is 0 Å². The van der Waals surface area contributed by atoms with Crippen molar-refractivity contribution in [2.24, 2.45) is 5.73 Å². The molecule has 6 heteroatoms. The van der Waals surface area contributed by atoms with Crippen LogP contribution in [0, 0.1) is 10.1 Å². The van der Waals surface area contributed by atoms with Gasteiger partial charge in [-0.3, -0.25) is 0 Å². The van der Waals surface area contributed by atoms with E-state index in [4.69, 9.17) is 10.8 Å². The summed E-state index contributed by atoms with van der Waals surface area (Å²) in [6, 6.07) is 2.74. The standard InChI is InChI=1S/C9H11N3O3/c10-6-2-1-3-7-4-5-8(13)9(11-7)12(14)15/h1,3-5,13H,2,6,10H2. The molecule has 1 aromatic rings. The Hall–Kier alpha value is -1.95. The van der Waals surface area contributed by atoms with E-state index in [1.165, 1.54) is 12.1 Å². The van der Waals surface area contributed by atoms with Crippen LogP contribution in [-0.4, -0.2) is 21.6 Å². The van der Waals surface area contributed by atoms with E-state index >= 15 is 0 Å². The van der Waals surface area contributed by atoms with Crippen LogP contribution in [0.5, 0.6) is 5.75 Å². The molecule has 0 aliphatic heterocycles. The SMILES string of the molecule is NCCC=Cc1ccc(O)c([N+](=O)[O-])n1. The fourth-order valence-corrected chi connectivity index (χ4v) is 0.983. The quantitative estimate of drug-likeness (QED) is 0.570. The molecule has 0 saturated carbocycles. The lowest BCUT2D eigenvalue weighted by Crippen LogP contribution is -1.96. The normalized spacial score (nSPS) is 10.7. The van der Waals surface area contributed by atoms with Crippen LogP contribution < -0.4 is 5.73 Å². The first-order chi connectivity index (χ1) is 7.15. The maximum absolute atomic E-state index is 10.4. The third-order valence-electron chi connectivity index (χ3n) is 1.67. The molecule has 6 nitrogen and oxygen atoms in total. The van der Waals surface area contributed by atoms with Gasteiger partial charge in [0.15, 0.2) is 5.69 Å². The zero-order valence-corrected chi connectivity index (χ0v) is 7.96. The number of hydrogen-bond donors (Lipinski definition) is 2. The number of rotatable bonds is 4. The van der Waals surface area contributed by atoms with Crippen molar-refractivity contribution in [3.8, 4) is 5.75 Å². The lowest BCUT2D eigenvalue weighted by molar-refractivity contribution is -0.390. The molecule has 0 radical (unpaired) electrons. The summed E-state index contributed by atoms with van der Waals surface area (Å²) in [5.41, 5.74) is 5.70. The molecule has 0 unspecified atom stereocenters. The van der Waals surface area contributed by atoms with Gasteiger partial charge in [-0.1, -0.05) is 6.08 Å². The van der Waals surface area contributed by atoms with E-state index in [0.29, 0.717) is 18.7 Å². The van der Waals surface area contributed by atoms with Gasteiger partial charge in [-0.05, 0) is 41.1 Å². The molecular formula is C9H11N3O3. The summed E-state index contributed by atoms with van der Waals surface area (Å²) >= 11 is 0. The second-order valence-electron chi connectivity index (χ2n) is 2.82. The van der Waals surface area contributed by atoms with Crippen LogP contribution in [0.1, 0.15) is 12.1 Å². The topological polar surface area (TPSA) is 102 Å². The molecule has 3 N–H and O–H groups in total. The molecule has 0 atom stereocenters. The Bertz CT molecular complexity index is 390. The molecule has 0 saturated heterocycles. The Morgan fingerprint density at radius 2 is 2.33 bits per heavy atom. The average molecular weight is 209 g/mol. The molecule has 1 rings (SSSR count). The smallest absolute Gasteiger partial charge is 0.406 e. The van der Waals surface area contributed by atoms with Crippen LogP contribution in [0.4, 0.5) is 5.82 Å². The summed E-state index contributed by atoms with van der Waals surface area (Å²) in [7, 11) is 0. The minimum Gasteiger partial charge on any atom is -0.501 e. The molecule has 0 amide bonds. The average Bonchev–Trinajstić information content (AvgIpc) is 2.20. The van der Waals surface area contributed by atoms with Crippen LogP contribution in [0.15, 0.2) is 18.2 Å². The monoisotopic (exact) mass is 209 g/mol. The van der Waals surface area contributed by atoms with Crippen LogP contribution in [0.2, 0.25) is 0 Å². The van der Waals surface area contributed by atoms with Gasteiger partial charge in [-0.25, -0.2) is 0 Å². The van der Waals surface area contributed by atoms with Gasteiger partial charge in [-0.2, -0.15) is 0 Å². The Labute approximate surface area is 86.2 Å². The van der Waals surface area contributed by atoms with Crippen LogP contribution in [0.3, 0.4) is 0 Å². The Balaban J connectivity index is 2.92. The van der Waals surface area contributed by atoms with Crippen LogP contribution in [-0.2, 0) is 0 Å². The number of pyridine rings is 1. The highest BCUT2D eigenvalue weighted by atomic mass is 16.6. The molecule has 0 aromatic carbocycles. The van der Waals surface area contributed by atoms with Gasteiger partial charge >= 0.3 is 5.82 Å². The van der Waals surface area contributed by atoms with Crippen molar-refractivity contribution in [2.75, 3.05) is 6.54 Å². The van der Waals surface area contributed by atoms with E-state index in [1.54, 1.807) is 12.2 Å². The van der Waals surface area contributed by atoms with Crippen molar-refractivity contribution < 1.29 is 10.0 Å². The summed E-state index contributed by atoms with van der Waals surface area (Å²) in [5, 5.41) is 19.6. The van der Waals surface area contributed by atoms with E-state index in [0.717, 1.165) is 0 Å². The van der Waals surface area contributed by atoms with Gasteiger partial charge in [0.2, 0.25) is 5.75 Å². The predicted molar refractivity (Wildman–Crippen MR) is 55.3 cm³/mol. The van der Waals surface area contributed by atoms with Crippen molar-refractivity contribution in [2.45, 2.75) is 6.42 Å². The van der Waals surface area contributed by atoms with Gasteiger partial charge in [0.25, 0.3) is 0 Å². The van der Waals surface area contributed by atoms with Crippen molar-refractivity contribution in [1.29, 1.82) is 0 Å². The first kappa shape index (κ1) is 11.1. The fraction of sp³-hybridized carbons (Fsp3) is 0.222. The Morgan fingerprint density at radius 1 is 1.60 bits per heavy atom. The molecule has 15 heavy (non-hydrogen) atoms. The number of nitro groups is 1. The first-order valence-electron chi connectivity index (χ1n) is 4.36. The number of hydrogen-bond acceptors (Lipinski definition) is 5. The molecule has 80 valence electrons. The number of aromatic nitrogens is 1. The highest BCUT2D eigenvalue weighted by Gasteiger charge is 2.15. The molecule has 0 fully saturated rings. The Kier molecular flexibility index (Phi) is 3.75. The van der Waals surface area contributed by atoms with Gasteiger partial charge < -0.3 is 21.0 Å². The number of nitrogens with zero attached hydrogens (tertiary/aromatic N) is 2. The summed E-state index contributed by atoms with van der Waals surface area (Å²) in [6.07, 6.45) is 4.07. The molecule has 0 aliphatic rings.